The molecular formula is C28H22BrN4O5-. The largest absolute Gasteiger partial charge is 0.545 e. The van der Waals surface area contributed by atoms with Gasteiger partial charge in [0.2, 0.25) is 5.88 Å². The van der Waals surface area contributed by atoms with Gasteiger partial charge in [-0.3, -0.25) is 0 Å². The van der Waals surface area contributed by atoms with E-state index in [2.05, 4.69) is 37.0 Å². The molecule has 1 aliphatic rings. The maximum Gasteiger partial charge on any atom is 0.233 e. The molecule has 0 spiro atoms. The third-order valence-electron chi connectivity index (χ3n) is 6.18. The number of carbonyl (C=O) groups is 1. The van der Waals surface area contributed by atoms with E-state index in [-0.39, 0.29) is 23.6 Å². The van der Waals surface area contributed by atoms with Gasteiger partial charge in [-0.25, -0.2) is 4.98 Å². The molecule has 4 aromatic rings. The molecule has 2 aromatic carbocycles. The molecule has 9 nitrogen and oxygen atoms in total. The summed E-state index contributed by atoms with van der Waals surface area (Å²) in [5.74, 6) is -0.718. The topological polar surface area (TPSA) is 125 Å². The normalized spacial score (nSPS) is 13.2. The molecule has 1 aliphatic heterocycles. The maximum atomic E-state index is 11.2. The molecule has 0 bridgehead atoms. The van der Waals surface area contributed by atoms with Gasteiger partial charge in [-0.05, 0) is 36.8 Å². The number of hydrogen-bond donors (Lipinski definition) is 0. The summed E-state index contributed by atoms with van der Waals surface area (Å²) in [7, 11) is 0. The lowest BCUT2D eigenvalue weighted by molar-refractivity contribution is -0.255. The third-order valence-corrected chi connectivity index (χ3v) is 6.92. The van der Waals surface area contributed by atoms with Crippen LogP contribution in [0.1, 0.15) is 27.2 Å². The van der Waals surface area contributed by atoms with Crippen molar-refractivity contribution in [2.45, 2.75) is 13.5 Å². The van der Waals surface area contributed by atoms with Gasteiger partial charge >= 0.3 is 0 Å². The zero-order chi connectivity index (χ0) is 26.6. The van der Waals surface area contributed by atoms with Gasteiger partial charge in [-0.2, -0.15) is 5.26 Å². The van der Waals surface area contributed by atoms with Gasteiger partial charge in [0, 0.05) is 46.0 Å². The van der Waals surface area contributed by atoms with Crippen LogP contribution in [0.2, 0.25) is 0 Å². The van der Waals surface area contributed by atoms with Gasteiger partial charge in [0.05, 0.1) is 30.6 Å². The second-order valence-electron chi connectivity index (χ2n) is 8.71. The predicted octanol–water partition coefficient (Wildman–Crippen LogP) is 4.13. The van der Waals surface area contributed by atoms with Gasteiger partial charge in [0.25, 0.3) is 0 Å². The Morgan fingerprint density at radius 3 is 2.55 bits per heavy atom. The number of carboxylic acid groups (broad SMARTS) is 1. The van der Waals surface area contributed by atoms with Crippen molar-refractivity contribution in [1.29, 1.82) is 5.26 Å². The third kappa shape index (κ3) is 5.39. The standard InChI is InChI=1S/C28H23BrN4O5/c1-17-12-26(38-32-17)22-14-25(18-4-6-21(7-5-18)33-8-10-36-11-9-33)31-27(23(22)15-30)37-16-20-3-2-19(28(34)35)13-24(20)29/h2-7,12-14H,8-11,16H2,1H3,(H,34,35)/p-1. The molecule has 1 saturated heterocycles. The number of aromatic carboxylic acids is 1. The van der Waals surface area contributed by atoms with Crippen molar-refractivity contribution in [3.8, 4) is 34.5 Å². The molecule has 192 valence electrons. The van der Waals surface area contributed by atoms with Crippen LogP contribution >= 0.6 is 15.9 Å². The van der Waals surface area contributed by atoms with E-state index in [1.54, 1.807) is 25.1 Å². The number of aryl methyl sites for hydroxylation is 1. The number of halogens is 1. The Morgan fingerprint density at radius 1 is 1.16 bits per heavy atom. The summed E-state index contributed by atoms with van der Waals surface area (Å²) in [5.41, 5.74) is 4.65. The summed E-state index contributed by atoms with van der Waals surface area (Å²) in [4.78, 5) is 18.1. The quantitative estimate of drug-likeness (QED) is 0.321. The number of carboxylic acids is 1. The van der Waals surface area contributed by atoms with E-state index in [1.807, 2.05) is 24.3 Å². The van der Waals surface area contributed by atoms with E-state index in [4.69, 9.17) is 14.0 Å². The van der Waals surface area contributed by atoms with Crippen LogP contribution in [-0.2, 0) is 11.3 Å². The highest BCUT2D eigenvalue weighted by Crippen LogP contribution is 2.35. The van der Waals surface area contributed by atoms with E-state index in [1.165, 1.54) is 12.1 Å². The van der Waals surface area contributed by atoms with E-state index in [0.717, 1.165) is 24.3 Å². The van der Waals surface area contributed by atoms with Crippen LogP contribution in [0.15, 0.2) is 63.6 Å². The summed E-state index contributed by atoms with van der Waals surface area (Å²) < 4.78 is 17.5. The molecule has 5 rings (SSSR count). The van der Waals surface area contributed by atoms with E-state index >= 15 is 0 Å². The van der Waals surface area contributed by atoms with Crippen LogP contribution in [0.4, 0.5) is 5.69 Å². The second-order valence-corrected chi connectivity index (χ2v) is 9.56. The molecule has 0 aliphatic carbocycles. The molecule has 38 heavy (non-hydrogen) atoms. The zero-order valence-electron chi connectivity index (χ0n) is 20.4. The van der Waals surface area contributed by atoms with E-state index in [0.29, 0.717) is 46.0 Å². The van der Waals surface area contributed by atoms with Gasteiger partial charge in [0.15, 0.2) is 5.76 Å². The number of pyridine rings is 1. The Morgan fingerprint density at radius 2 is 1.92 bits per heavy atom. The van der Waals surface area contributed by atoms with Gasteiger partial charge in [0.1, 0.15) is 18.2 Å². The minimum Gasteiger partial charge on any atom is -0.545 e. The summed E-state index contributed by atoms with van der Waals surface area (Å²) >= 11 is 3.38. The van der Waals surface area contributed by atoms with Crippen molar-refractivity contribution in [3.63, 3.8) is 0 Å². The maximum absolute atomic E-state index is 11.2. The Hall–Kier alpha value is -4.20. The SMILES string of the molecule is Cc1cc(-c2cc(-c3ccc(N4CCOCC4)cc3)nc(OCc3ccc(C(=O)[O-])cc3Br)c2C#N)on1. The van der Waals surface area contributed by atoms with Gasteiger partial charge in [-0.15, -0.1) is 0 Å². The Kier molecular flexibility index (Phi) is 7.40. The monoisotopic (exact) mass is 573 g/mol. The average molecular weight is 574 g/mol. The number of rotatable bonds is 7. The van der Waals surface area contributed by atoms with Crippen molar-refractivity contribution in [2.75, 3.05) is 31.2 Å². The van der Waals surface area contributed by atoms with Crippen LogP contribution in [0.25, 0.3) is 22.6 Å². The van der Waals surface area contributed by atoms with Crippen LogP contribution in [0.3, 0.4) is 0 Å². The van der Waals surface area contributed by atoms with Crippen molar-refractivity contribution >= 4 is 27.6 Å². The number of nitriles is 1. The summed E-state index contributed by atoms with van der Waals surface area (Å²) in [6.07, 6.45) is 0. The lowest BCUT2D eigenvalue weighted by Crippen LogP contribution is -2.36. The molecule has 0 radical (unpaired) electrons. The first-order valence-corrected chi connectivity index (χ1v) is 12.7. The number of hydrogen-bond acceptors (Lipinski definition) is 9. The summed E-state index contributed by atoms with van der Waals surface area (Å²) in [6.45, 7) is 4.92. The highest BCUT2D eigenvalue weighted by Gasteiger charge is 2.20. The lowest BCUT2D eigenvalue weighted by Gasteiger charge is -2.28. The molecular weight excluding hydrogens is 552 g/mol. The lowest BCUT2D eigenvalue weighted by atomic mass is 10.0. The highest BCUT2D eigenvalue weighted by atomic mass is 79.9. The number of carbonyl (C=O) groups excluding carboxylic acids is 1. The van der Waals surface area contributed by atoms with Crippen molar-refractivity contribution in [2.24, 2.45) is 0 Å². The first-order valence-electron chi connectivity index (χ1n) is 11.9. The first kappa shape index (κ1) is 25.4. The zero-order valence-corrected chi connectivity index (χ0v) is 22.0. The Balaban J connectivity index is 1.51. The molecule has 0 N–H and O–H groups in total. The molecule has 0 saturated carbocycles. The minimum atomic E-state index is -1.27. The fourth-order valence-corrected chi connectivity index (χ4v) is 4.66. The van der Waals surface area contributed by atoms with Crippen LogP contribution in [-0.4, -0.2) is 42.4 Å². The Bertz CT molecular complexity index is 1520. The molecule has 0 atom stereocenters. The summed E-state index contributed by atoms with van der Waals surface area (Å²) in [5, 5.41) is 25.2. The number of morpholine rings is 1. The molecule has 2 aromatic heterocycles. The van der Waals surface area contributed by atoms with Gasteiger partial charge in [-0.1, -0.05) is 45.4 Å². The van der Waals surface area contributed by atoms with Crippen LogP contribution in [0, 0.1) is 18.3 Å². The fraction of sp³-hybridized carbons (Fsp3) is 0.214. The summed E-state index contributed by atoms with van der Waals surface area (Å²) in [6, 6.07) is 18.3. The van der Waals surface area contributed by atoms with E-state index < -0.39 is 5.97 Å². The van der Waals surface area contributed by atoms with E-state index in [9.17, 15) is 15.2 Å². The number of nitrogens with zero attached hydrogens (tertiary/aromatic N) is 4. The molecule has 3 heterocycles. The average Bonchev–Trinajstić information content (AvgIpc) is 3.38. The highest BCUT2D eigenvalue weighted by molar-refractivity contribution is 9.10. The number of aromatic nitrogens is 2. The Labute approximate surface area is 227 Å². The first-order chi connectivity index (χ1) is 18.4. The fourth-order valence-electron chi connectivity index (χ4n) is 4.17. The van der Waals surface area contributed by atoms with Crippen molar-refractivity contribution < 1.29 is 23.9 Å². The number of anilines is 1. The molecule has 1 fully saturated rings. The van der Waals surface area contributed by atoms with Crippen LogP contribution < -0.4 is 14.7 Å². The number of ether oxygens (including phenoxy) is 2. The molecule has 10 heteroatoms. The molecule has 0 amide bonds. The minimum absolute atomic E-state index is 0.0435. The number of benzene rings is 2. The molecule has 0 unspecified atom stereocenters. The smallest absolute Gasteiger partial charge is 0.233 e. The second kappa shape index (κ2) is 11.0. The predicted molar refractivity (Wildman–Crippen MR) is 140 cm³/mol. The van der Waals surface area contributed by atoms with Crippen molar-refractivity contribution in [1.82, 2.24) is 10.1 Å². The van der Waals surface area contributed by atoms with Crippen LogP contribution in [0.5, 0.6) is 5.88 Å². The van der Waals surface area contributed by atoms with Gasteiger partial charge < -0.3 is 28.8 Å². The van der Waals surface area contributed by atoms with Crippen molar-refractivity contribution in [3.05, 3.63) is 81.5 Å².